The Labute approximate surface area is 85.0 Å². The van der Waals surface area contributed by atoms with Gasteiger partial charge in [0.25, 0.3) is 0 Å². The number of piperazine rings is 1. The molecule has 14 heavy (non-hydrogen) atoms. The standard InChI is InChI=1S/C10H19N3O/c1-13-5-3-2-4-10(8-13)7-11-9(14)6-12-10/h12H,2-8H2,1H3,(H,11,14). The topological polar surface area (TPSA) is 44.4 Å². The van der Waals surface area contributed by atoms with Crippen LogP contribution in [0.4, 0.5) is 0 Å². The lowest BCUT2D eigenvalue weighted by atomic mass is 9.91. The third-order valence-corrected chi connectivity index (χ3v) is 3.27. The average molecular weight is 197 g/mol. The lowest BCUT2D eigenvalue weighted by molar-refractivity contribution is -0.122. The Kier molecular flexibility index (Phi) is 2.74. The van der Waals surface area contributed by atoms with Gasteiger partial charge in [0.15, 0.2) is 0 Å². The van der Waals surface area contributed by atoms with Gasteiger partial charge in [0, 0.05) is 18.6 Å². The highest BCUT2D eigenvalue weighted by Gasteiger charge is 2.35. The second-order valence-electron chi connectivity index (χ2n) is 4.61. The van der Waals surface area contributed by atoms with Crippen LogP contribution >= 0.6 is 0 Å². The van der Waals surface area contributed by atoms with Gasteiger partial charge in [-0.25, -0.2) is 0 Å². The molecule has 1 unspecified atom stereocenters. The summed E-state index contributed by atoms with van der Waals surface area (Å²) in [6.07, 6.45) is 3.71. The van der Waals surface area contributed by atoms with Crippen molar-refractivity contribution in [1.82, 2.24) is 15.5 Å². The van der Waals surface area contributed by atoms with Crippen LogP contribution in [-0.2, 0) is 4.79 Å². The second-order valence-corrected chi connectivity index (χ2v) is 4.61. The third-order valence-electron chi connectivity index (χ3n) is 3.27. The smallest absolute Gasteiger partial charge is 0.234 e. The van der Waals surface area contributed by atoms with E-state index in [0.717, 1.165) is 13.1 Å². The van der Waals surface area contributed by atoms with Crippen molar-refractivity contribution in [2.75, 3.05) is 33.2 Å². The number of nitrogens with zero attached hydrogens (tertiary/aromatic N) is 1. The Bertz CT molecular complexity index is 219. The summed E-state index contributed by atoms with van der Waals surface area (Å²) in [5.74, 6) is 0.127. The van der Waals surface area contributed by atoms with E-state index in [4.69, 9.17) is 0 Å². The normalized spacial score (nSPS) is 35.4. The Morgan fingerprint density at radius 2 is 2.29 bits per heavy atom. The van der Waals surface area contributed by atoms with E-state index in [0.29, 0.717) is 6.54 Å². The molecule has 2 rings (SSSR count). The van der Waals surface area contributed by atoms with Crippen LogP contribution in [0, 0.1) is 0 Å². The predicted octanol–water partition coefficient (Wildman–Crippen LogP) is -0.440. The number of hydrogen-bond donors (Lipinski definition) is 2. The van der Waals surface area contributed by atoms with Crippen molar-refractivity contribution in [3.8, 4) is 0 Å². The number of likely N-dealkylation sites (N-methyl/N-ethyl adjacent to an activating group) is 1. The molecule has 0 saturated carbocycles. The summed E-state index contributed by atoms with van der Waals surface area (Å²) < 4.78 is 0. The van der Waals surface area contributed by atoms with Crippen LogP contribution in [0.1, 0.15) is 19.3 Å². The summed E-state index contributed by atoms with van der Waals surface area (Å²) in [6.45, 7) is 3.49. The van der Waals surface area contributed by atoms with E-state index in [1.807, 2.05) is 0 Å². The van der Waals surface area contributed by atoms with Crippen LogP contribution in [-0.4, -0.2) is 49.6 Å². The van der Waals surface area contributed by atoms with Gasteiger partial charge in [-0.2, -0.15) is 0 Å². The molecular weight excluding hydrogens is 178 g/mol. The zero-order valence-corrected chi connectivity index (χ0v) is 8.81. The van der Waals surface area contributed by atoms with Gasteiger partial charge in [0.1, 0.15) is 0 Å². The molecule has 2 aliphatic heterocycles. The van der Waals surface area contributed by atoms with Crippen LogP contribution < -0.4 is 10.6 Å². The van der Waals surface area contributed by atoms with Crippen LogP contribution in [0.3, 0.4) is 0 Å². The number of rotatable bonds is 0. The number of likely N-dealkylation sites (tertiary alicyclic amines) is 1. The molecule has 2 aliphatic rings. The monoisotopic (exact) mass is 197 g/mol. The summed E-state index contributed by atoms with van der Waals surface area (Å²) in [5, 5.41) is 6.36. The minimum atomic E-state index is 0.127. The maximum Gasteiger partial charge on any atom is 0.234 e. The molecule has 4 nitrogen and oxygen atoms in total. The van der Waals surface area contributed by atoms with E-state index in [9.17, 15) is 4.79 Å². The van der Waals surface area contributed by atoms with Crippen molar-refractivity contribution in [2.45, 2.75) is 24.8 Å². The van der Waals surface area contributed by atoms with Gasteiger partial charge in [-0.05, 0) is 26.4 Å². The number of amides is 1. The molecule has 2 heterocycles. The molecule has 2 fully saturated rings. The van der Waals surface area contributed by atoms with Crippen LogP contribution in [0.5, 0.6) is 0 Å². The molecule has 4 heteroatoms. The molecule has 0 aliphatic carbocycles. The second kappa shape index (κ2) is 3.87. The SMILES string of the molecule is CN1CCCCC2(CNC(=O)CN2)C1. The fourth-order valence-corrected chi connectivity index (χ4v) is 2.47. The van der Waals surface area contributed by atoms with Crippen molar-refractivity contribution in [3.05, 3.63) is 0 Å². The lowest BCUT2D eigenvalue weighted by Crippen LogP contribution is -2.64. The van der Waals surface area contributed by atoms with Gasteiger partial charge in [0.2, 0.25) is 5.91 Å². The largest absolute Gasteiger partial charge is 0.353 e. The molecule has 1 atom stereocenters. The van der Waals surface area contributed by atoms with Crippen molar-refractivity contribution in [1.29, 1.82) is 0 Å². The molecule has 2 N–H and O–H groups in total. The van der Waals surface area contributed by atoms with Crippen molar-refractivity contribution in [2.24, 2.45) is 0 Å². The maximum absolute atomic E-state index is 11.1. The minimum Gasteiger partial charge on any atom is -0.353 e. The van der Waals surface area contributed by atoms with Crippen molar-refractivity contribution < 1.29 is 4.79 Å². The molecular formula is C10H19N3O. The lowest BCUT2D eigenvalue weighted by Gasteiger charge is -2.39. The highest BCUT2D eigenvalue weighted by atomic mass is 16.2. The molecule has 0 aromatic carbocycles. The van der Waals surface area contributed by atoms with E-state index < -0.39 is 0 Å². The van der Waals surface area contributed by atoms with Crippen molar-refractivity contribution >= 4 is 5.91 Å². The summed E-state index contributed by atoms with van der Waals surface area (Å²) in [7, 11) is 2.16. The average Bonchev–Trinajstić information content (AvgIpc) is 2.34. The van der Waals surface area contributed by atoms with E-state index in [1.165, 1.54) is 25.8 Å². The molecule has 2 saturated heterocycles. The fourth-order valence-electron chi connectivity index (χ4n) is 2.47. The molecule has 1 spiro atoms. The predicted molar refractivity (Wildman–Crippen MR) is 55.1 cm³/mol. The Morgan fingerprint density at radius 1 is 1.43 bits per heavy atom. The van der Waals surface area contributed by atoms with Crippen LogP contribution in [0.15, 0.2) is 0 Å². The Balaban J connectivity index is 2.02. The van der Waals surface area contributed by atoms with Crippen LogP contribution in [0.2, 0.25) is 0 Å². The number of carbonyl (C=O) groups is 1. The van der Waals surface area contributed by atoms with E-state index in [2.05, 4.69) is 22.6 Å². The van der Waals surface area contributed by atoms with Gasteiger partial charge in [-0.15, -0.1) is 0 Å². The first-order valence-electron chi connectivity index (χ1n) is 5.41. The number of nitrogens with one attached hydrogen (secondary N) is 2. The Hall–Kier alpha value is -0.610. The van der Waals surface area contributed by atoms with Gasteiger partial charge >= 0.3 is 0 Å². The van der Waals surface area contributed by atoms with E-state index >= 15 is 0 Å². The Morgan fingerprint density at radius 3 is 3.00 bits per heavy atom. The quantitative estimate of drug-likeness (QED) is 0.553. The molecule has 1 amide bonds. The number of hydrogen-bond acceptors (Lipinski definition) is 3. The zero-order valence-electron chi connectivity index (χ0n) is 8.81. The molecule has 0 radical (unpaired) electrons. The zero-order chi connectivity index (χ0) is 10.0. The summed E-state index contributed by atoms with van der Waals surface area (Å²) >= 11 is 0. The van der Waals surface area contributed by atoms with Crippen molar-refractivity contribution in [3.63, 3.8) is 0 Å². The molecule has 80 valence electrons. The third kappa shape index (κ3) is 2.07. The first-order valence-corrected chi connectivity index (χ1v) is 5.41. The number of carbonyl (C=O) groups excluding carboxylic acids is 1. The van der Waals surface area contributed by atoms with E-state index in [-0.39, 0.29) is 11.4 Å². The summed E-state index contributed by atoms with van der Waals surface area (Å²) in [6, 6.07) is 0. The highest BCUT2D eigenvalue weighted by Crippen LogP contribution is 2.20. The summed E-state index contributed by atoms with van der Waals surface area (Å²) in [4.78, 5) is 13.4. The first-order chi connectivity index (χ1) is 6.70. The molecule has 0 bridgehead atoms. The molecule has 0 aromatic rings. The summed E-state index contributed by atoms with van der Waals surface area (Å²) in [5.41, 5.74) is 0.138. The van der Waals surface area contributed by atoms with Gasteiger partial charge in [-0.1, -0.05) is 6.42 Å². The van der Waals surface area contributed by atoms with Gasteiger partial charge in [-0.3, -0.25) is 10.1 Å². The van der Waals surface area contributed by atoms with Crippen LogP contribution in [0.25, 0.3) is 0 Å². The fraction of sp³-hybridized carbons (Fsp3) is 0.900. The molecule has 0 aromatic heterocycles. The maximum atomic E-state index is 11.1. The van der Waals surface area contributed by atoms with Gasteiger partial charge < -0.3 is 10.2 Å². The first kappa shape index (κ1) is 9.93. The highest BCUT2D eigenvalue weighted by molar-refractivity contribution is 5.79. The minimum absolute atomic E-state index is 0.127. The van der Waals surface area contributed by atoms with E-state index in [1.54, 1.807) is 0 Å². The van der Waals surface area contributed by atoms with Gasteiger partial charge in [0.05, 0.1) is 6.54 Å².